The lowest BCUT2D eigenvalue weighted by Crippen LogP contribution is -2.12. The standard InChI is InChI=1S/C11H18N6/c12-2-1-6-16-8-4-14-10(16)11-15-5-9-17(11)7-3-13/h4-5,8-9H,1-3,6-7,12-13H2. The SMILES string of the molecule is NCCCn1ccnc1-c1nccn1CCN. The number of hydrogen-bond donors (Lipinski definition) is 2. The third-order valence-corrected chi connectivity index (χ3v) is 2.60. The van der Waals surface area contributed by atoms with Crippen LogP contribution in [0.2, 0.25) is 0 Å². The molecule has 0 aliphatic carbocycles. The summed E-state index contributed by atoms with van der Waals surface area (Å²) in [7, 11) is 0. The van der Waals surface area contributed by atoms with Gasteiger partial charge in [0, 0.05) is 44.4 Å². The van der Waals surface area contributed by atoms with E-state index in [0.29, 0.717) is 13.1 Å². The first-order valence-corrected chi connectivity index (χ1v) is 5.79. The molecule has 0 aromatic carbocycles. The van der Waals surface area contributed by atoms with Crippen molar-refractivity contribution in [2.75, 3.05) is 13.1 Å². The van der Waals surface area contributed by atoms with E-state index < -0.39 is 0 Å². The Labute approximate surface area is 100 Å². The molecular weight excluding hydrogens is 216 g/mol. The normalized spacial score (nSPS) is 10.9. The van der Waals surface area contributed by atoms with E-state index in [1.807, 2.05) is 17.0 Å². The molecule has 0 amide bonds. The van der Waals surface area contributed by atoms with Crippen LogP contribution in [0.1, 0.15) is 6.42 Å². The average molecular weight is 234 g/mol. The summed E-state index contributed by atoms with van der Waals surface area (Å²) < 4.78 is 4.09. The molecule has 0 fully saturated rings. The van der Waals surface area contributed by atoms with Crippen LogP contribution in [0.3, 0.4) is 0 Å². The van der Waals surface area contributed by atoms with Crippen LogP contribution < -0.4 is 11.5 Å². The van der Waals surface area contributed by atoms with E-state index in [2.05, 4.69) is 14.5 Å². The Bertz CT molecular complexity index is 458. The Balaban J connectivity index is 2.26. The molecule has 2 aromatic heterocycles. The molecule has 0 aliphatic heterocycles. The maximum atomic E-state index is 5.57. The van der Waals surface area contributed by atoms with E-state index in [9.17, 15) is 0 Å². The highest BCUT2D eigenvalue weighted by molar-refractivity contribution is 5.44. The van der Waals surface area contributed by atoms with Gasteiger partial charge in [0.05, 0.1) is 0 Å². The van der Waals surface area contributed by atoms with Crippen molar-refractivity contribution in [2.45, 2.75) is 19.5 Å². The maximum Gasteiger partial charge on any atom is 0.176 e. The molecule has 92 valence electrons. The van der Waals surface area contributed by atoms with Crippen molar-refractivity contribution < 1.29 is 0 Å². The summed E-state index contributed by atoms with van der Waals surface area (Å²) >= 11 is 0. The minimum Gasteiger partial charge on any atom is -0.330 e. The van der Waals surface area contributed by atoms with Crippen LogP contribution >= 0.6 is 0 Å². The van der Waals surface area contributed by atoms with Crippen LogP contribution in [-0.2, 0) is 13.1 Å². The Hall–Kier alpha value is -1.66. The number of imidazole rings is 2. The average Bonchev–Trinajstić information content (AvgIpc) is 2.94. The van der Waals surface area contributed by atoms with E-state index in [4.69, 9.17) is 11.5 Å². The van der Waals surface area contributed by atoms with Crippen molar-refractivity contribution in [1.82, 2.24) is 19.1 Å². The van der Waals surface area contributed by atoms with E-state index in [-0.39, 0.29) is 0 Å². The molecule has 0 spiro atoms. The molecule has 6 nitrogen and oxygen atoms in total. The van der Waals surface area contributed by atoms with E-state index in [0.717, 1.165) is 31.2 Å². The van der Waals surface area contributed by atoms with Gasteiger partial charge >= 0.3 is 0 Å². The largest absolute Gasteiger partial charge is 0.330 e. The van der Waals surface area contributed by atoms with Gasteiger partial charge in [0.1, 0.15) is 0 Å². The third-order valence-electron chi connectivity index (χ3n) is 2.60. The first kappa shape index (κ1) is 11.8. The fourth-order valence-electron chi connectivity index (χ4n) is 1.79. The number of rotatable bonds is 6. The summed E-state index contributed by atoms with van der Waals surface area (Å²) in [5, 5.41) is 0. The summed E-state index contributed by atoms with van der Waals surface area (Å²) in [6.45, 7) is 2.88. The lowest BCUT2D eigenvalue weighted by Gasteiger charge is -2.08. The maximum absolute atomic E-state index is 5.57. The van der Waals surface area contributed by atoms with Crippen molar-refractivity contribution >= 4 is 0 Å². The molecule has 4 N–H and O–H groups in total. The molecule has 0 saturated carbocycles. The molecule has 0 unspecified atom stereocenters. The Morgan fingerprint density at radius 1 is 0.882 bits per heavy atom. The van der Waals surface area contributed by atoms with Crippen molar-refractivity contribution in [3.63, 3.8) is 0 Å². The van der Waals surface area contributed by atoms with Gasteiger partial charge in [-0.25, -0.2) is 9.97 Å². The quantitative estimate of drug-likeness (QED) is 0.739. The zero-order valence-electron chi connectivity index (χ0n) is 9.79. The second-order valence-electron chi connectivity index (χ2n) is 3.82. The molecule has 2 aromatic rings. The van der Waals surface area contributed by atoms with Gasteiger partial charge in [-0.3, -0.25) is 0 Å². The Kier molecular flexibility index (Phi) is 3.89. The molecule has 2 heterocycles. The molecule has 0 atom stereocenters. The zero-order valence-corrected chi connectivity index (χ0v) is 9.79. The fourth-order valence-corrected chi connectivity index (χ4v) is 1.79. The van der Waals surface area contributed by atoms with Crippen molar-refractivity contribution in [3.05, 3.63) is 24.8 Å². The lowest BCUT2D eigenvalue weighted by molar-refractivity contribution is 0.644. The molecule has 2 rings (SSSR count). The van der Waals surface area contributed by atoms with E-state index in [1.165, 1.54) is 0 Å². The van der Waals surface area contributed by atoms with Gasteiger partial charge in [0.15, 0.2) is 11.6 Å². The van der Waals surface area contributed by atoms with Gasteiger partial charge in [-0.15, -0.1) is 0 Å². The van der Waals surface area contributed by atoms with Gasteiger partial charge in [0.25, 0.3) is 0 Å². The van der Waals surface area contributed by atoms with E-state index >= 15 is 0 Å². The van der Waals surface area contributed by atoms with E-state index in [1.54, 1.807) is 12.4 Å². The summed E-state index contributed by atoms with van der Waals surface area (Å²) in [6.07, 6.45) is 8.36. The van der Waals surface area contributed by atoms with Gasteiger partial charge in [-0.2, -0.15) is 0 Å². The number of aryl methyl sites for hydroxylation is 1. The lowest BCUT2D eigenvalue weighted by atomic mass is 10.4. The predicted molar refractivity (Wildman–Crippen MR) is 66.2 cm³/mol. The van der Waals surface area contributed by atoms with Crippen LogP contribution in [-0.4, -0.2) is 32.2 Å². The molecule has 0 saturated heterocycles. The monoisotopic (exact) mass is 234 g/mol. The molecule has 6 heteroatoms. The van der Waals surface area contributed by atoms with Gasteiger partial charge < -0.3 is 20.6 Å². The number of aromatic nitrogens is 4. The number of nitrogens with two attached hydrogens (primary N) is 2. The summed E-state index contributed by atoms with van der Waals surface area (Å²) in [5.41, 5.74) is 11.1. The predicted octanol–water partition coefficient (Wildman–Crippen LogP) is 0.0541. The van der Waals surface area contributed by atoms with Crippen LogP contribution in [0.15, 0.2) is 24.8 Å². The third kappa shape index (κ3) is 2.54. The second-order valence-corrected chi connectivity index (χ2v) is 3.82. The highest BCUT2D eigenvalue weighted by Crippen LogP contribution is 2.15. The molecular formula is C11H18N6. The van der Waals surface area contributed by atoms with Crippen LogP contribution in [0.4, 0.5) is 0 Å². The second kappa shape index (κ2) is 5.60. The van der Waals surface area contributed by atoms with Crippen LogP contribution in [0, 0.1) is 0 Å². The highest BCUT2D eigenvalue weighted by atomic mass is 15.2. The van der Waals surface area contributed by atoms with Crippen molar-refractivity contribution in [3.8, 4) is 11.6 Å². The summed E-state index contributed by atoms with van der Waals surface area (Å²) in [6, 6.07) is 0. The summed E-state index contributed by atoms with van der Waals surface area (Å²) in [4.78, 5) is 8.69. The molecule has 0 bridgehead atoms. The number of hydrogen-bond acceptors (Lipinski definition) is 4. The Morgan fingerprint density at radius 3 is 2.00 bits per heavy atom. The molecule has 0 radical (unpaired) electrons. The van der Waals surface area contributed by atoms with Crippen molar-refractivity contribution in [1.29, 1.82) is 0 Å². The minimum atomic E-state index is 0.590. The number of nitrogens with zero attached hydrogens (tertiary/aromatic N) is 4. The topological polar surface area (TPSA) is 87.7 Å². The minimum absolute atomic E-state index is 0.590. The smallest absolute Gasteiger partial charge is 0.176 e. The summed E-state index contributed by atoms with van der Waals surface area (Å²) in [5.74, 6) is 1.73. The first-order chi connectivity index (χ1) is 8.36. The van der Waals surface area contributed by atoms with Gasteiger partial charge in [-0.1, -0.05) is 0 Å². The van der Waals surface area contributed by atoms with Crippen molar-refractivity contribution in [2.24, 2.45) is 11.5 Å². The highest BCUT2D eigenvalue weighted by Gasteiger charge is 2.11. The van der Waals surface area contributed by atoms with Crippen LogP contribution in [0.25, 0.3) is 11.6 Å². The molecule has 17 heavy (non-hydrogen) atoms. The molecule has 0 aliphatic rings. The van der Waals surface area contributed by atoms with Gasteiger partial charge in [0.2, 0.25) is 0 Å². The van der Waals surface area contributed by atoms with Gasteiger partial charge in [-0.05, 0) is 13.0 Å². The zero-order chi connectivity index (χ0) is 12.1. The first-order valence-electron chi connectivity index (χ1n) is 5.79. The Morgan fingerprint density at radius 2 is 1.47 bits per heavy atom. The van der Waals surface area contributed by atoms with Crippen LogP contribution in [0.5, 0.6) is 0 Å². The fraction of sp³-hybridized carbons (Fsp3) is 0.455.